The molecule has 0 aromatic heterocycles. The third-order valence-corrected chi connectivity index (χ3v) is 5.68. The van der Waals surface area contributed by atoms with Gasteiger partial charge in [0.2, 0.25) is 5.91 Å². The summed E-state index contributed by atoms with van der Waals surface area (Å²) in [6.45, 7) is 7.07. The molecule has 2 aliphatic rings. The minimum Gasteiger partial charge on any atom is -0.493 e. The molecule has 2 aromatic carbocycles. The summed E-state index contributed by atoms with van der Waals surface area (Å²) in [4.78, 5) is 27.5. The highest BCUT2D eigenvalue weighted by Crippen LogP contribution is 2.26. The summed E-state index contributed by atoms with van der Waals surface area (Å²) in [5.74, 6) is 0.855. The van der Waals surface area contributed by atoms with Gasteiger partial charge in [0.1, 0.15) is 5.75 Å². The van der Waals surface area contributed by atoms with Gasteiger partial charge < -0.3 is 10.1 Å². The lowest BCUT2D eigenvalue weighted by molar-refractivity contribution is -0.385. The van der Waals surface area contributed by atoms with Gasteiger partial charge >= 0.3 is 0 Å². The van der Waals surface area contributed by atoms with Crippen LogP contribution in [0.15, 0.2) is 36.4 Å². The smallest absolute Gasteiger partial charge is 0.274 e. The highest BCUT2D eigenvalue weighted by molar-refractivity contribution is 5.92. The topological polar surface area (TPSA) is 88.0 Å². The molecule has 2 aromatic rings. The molecule has 1 amide bonds. The van der Waals surface area contributed by atoms with Gasteiger partial charge in [-0.3, -0.25) is 24.7 Å². The molecule has 158 valence electrons. The lowest BCUT2D eigenvalue weighted by Gasteiger charge is -2.34. The van der Waals surface area contributed by atoms with Crippen LogP contribution in [0.5, 0.6) is 5.75 Å². The minimum atomic E-state index is -0.432. The summed E-state index contributed by atoms with van der Waals surface area (Å²) >= 11 is 0. The van der Waals surface area contributed by atoms with E-state index >= 15 is 0 Å². The number of rotatable bonds is 6. The van der Waals surface area contributed by atoms with Crippen molar-refractivity contribution in [3.05, 3.63) is 63.2 Å². The van der Waals surface area contributed by atoms with Gasteiger partial charge in [-0.2, -0.15) is 0 Å². The lowest BCUT2D eigenvalue weighted by Crippen LogP contribution is -2.48. The summed E-state index contributed by atoms with van der Waals surface area (Å²) in [6.07, 6.45) is 0.982. The van der Waals surface area contributed by atoms with E-state index < -0.39 is 4.92 Å². The Labute approximate surface area is 175 Å². The molecule has 0 spiro atoms. The maximum absolute atomic E-state index is 12.4. The van der Waals surface area contributed by atoms with E-state index in [2.05, 4.69) is 33.3 Å². The van der Waals surface area contributed by atoms with E-state index in [-0.39, 0.29) is 18.1 Å². The highest BCUT2D eigenvalue weighted by atomic mass is 16.6. The molecule has 2 heterocycles. The van der Waals surface area contributed by atoms with Crippen LogP contribution in [0.3, 0.4) is 0 Å². The number of nitrogens with zero attached hydrogens (tertiary/aromatic N) is 3. The third kappa shape index (κ3) is 4.77. The van der Waals surface area contributed by atoms with Gasteiger partial charge in [-0.25, -0.2) is 0 Å². The first-order valence-corrected chi connectivity index (χ1v) is 10.2. The number of ether oxygens (including phenoxy) is 1. The number of amides is 1. The third-order valence-electron chi connectivity index (χ3n) is 5.68. The van der Waals surface area contributed by atoms with Gasteiger partial charge in [0.05, 0.1) is 18.1 Å². The summed E-state index contributed by atoms with van der Waals surface area (Å²) in [6, 6.07) is 11.2. The molecule has 0 atom stereocenters. The minimum absolute atomic E-state index is 0.0135. The van der Waals surface area contributed by atoms with Gasteiger partial charge in [-0.05, 0) is 30.2 Å². The van der Waals surface area contributed by atoms with E-state index in [0.717, 1.165) is 51.5 Å². The summed E-state index contributed by atoms with van der Waals surface area (Å²) in [5, 5.41) is 13.8. The van der Waals surface area contributed by atoms with E-state index in [0.29, 0.717) is 11.3 Å². The van der Waals surface area contributed by atoms with Gasteiger partial charge in [0.15, 0.2) is 0 Å². The predicted octanol–water partition coefficient (Wildman–Crippen LogP) is 2.59. The Balaban J connectivity index is 1.25. The standard InChI is InChI=1S/C22H26N4O4/c1-16-2-4-19(13-20(16)26(28)29)23-22(27)15-25-9-7-24(8-10-25)14-17-3-5-21-18(12-17)6-11-30-21/h2-5,12-13H,6-11,14-15H2,1H3,(H,23,27). The number of hydrogen-bond donors (Lipinski definition) is 1. The summed E-state index contributed by atoms with van der Waals surface area (Å²) in [7, 11) is 0. The molecule has 8 nitrogen and oxygen atoms in total. The quantitative estimate of drug-likeness (QED) is 0.582. The zero-order valence-corrected chi connectivity index (χ0v) is 17.1. The fourth-order valence-electron chi connectivity index (χ4n) is 3.99. The molecule has 30 heavy (non-hydrogen) atoms. The Morgan fingerprint density at radius 2 is 1.90 bits per heavy atom. The van der Waals surface area contributed by atoms with Crippen LogP contribution in [0.2, 0.25) is 0 Å². The van der Waals surface area contributed by atoms with Crippen LogP contribution in [0, 0.1) is 17.0 Å². The molecule has 1 N–H and O–H groups in total. The van der Waals surface area contributed by atoms with Crippen LogP contribution in [0.1, 0.15) is 16.7 Å². The average molecular weight is 410 g/mol. The number of nitrogens with one attached hydrogen (secondary N) is 1. The van der Waals surface area contributed by atoms with Crippen LogP contribution >= 0.6 is 0 Å². The number of nitro groups is 1. The molecule has 1 saturated heterocycles. The van der Waals surface area contributed by atoms with E-state index in [1.165, 1.54) is 17.2 Å². The van der Waals surface area contributed by atoms with Crippen LogP contribution < -0.4 is 10.1 Å². The zero-order valence-electron chi connectivity index (χ0n) is 17.1. The van der Waals surface area contributed by atoms with Crippen molar-refractivity contribution < 1.29 is 14.5 Å². The second-order valence-electron chi connectivity index (χ2n) is 7.90. The van der Waals surface area contributed by atoms with Crippen LogP contribution in [-0.2, 0) is 17.8 Å². The van der Waals surface area contributed by atoms with Gasteiger partial charge in [0.25, 0.3) is 5.69 Å². The van der Waals surface area contributed by atoms with Crippen LogP contribution in [0.25, 0.3) is 0 Å². The first kappa shape index (κ1) is 20.3. The highest BCUT2D eigenvalue weighted by Gasteiger charge is 2.20. The van der Waals surface area contributed by atoms with Crippen LogP contribution in [0.4, 0.5) is 11.4 Å². The number of carbonyl (C=O) groups excluding carboxylic acids is 1. The summed E-state index contributed by atoms with van der Waals surface area (Å²) < 4.78 is 5.57. The van der Waals surface area contributed by atoms with E-state index in [1.807, 2.05) is 0 Å². The Hall–Kier alpha value is -2.97. The maximum Gasteiger partial charge on any atom is 0.274 e. The fraction of sp³-hybridized carbons (Fsp3) is 0.409. The molecule has 4 rings (SSSR count). The number of aryl methyl sites for hydroxylation is 1. The molecule has 8 heteroatoms. The Morgan fingerprint density at radius 3 is 2.67 bits per heavy atom. The number of benzene rings is 2. The number of hydrogen-bond acceptors (Lipinski definition) is 6. The van der Waals surface area contributed by atoms with Crippen molar-refractivity contribution in [2.24, 2.45) is 0 Å². The second kappa shape index (κ2) is 8.81. The average Bonchev–Trinajstić information content (AvgIpc) is 3.18. The molecule has 0 radical (unpaired) electrons. The molecule has 0 bridgehead atoms. The number of nitro benzene ring substituents is 1. The molecule has 1 fully saturated rings. The molecule has 0 aliphatic carbocycles. The second-order valence-corrected chi connectivity index (χ2v) is 7.90. The van der Waals surface area contributed by atoms with Crippen molar-refractivity contribution >= 4 is 17.3 Å². The van der Waals surface area contributed by atoms with Crippen LogP contribution in [-0.4, -0.2) is 60.0 Å². The van der Waals surface area contributed by atoms with Crippen molar-refractivity contribution in [3.8, 4) is 5.75 Å². The molecular formula is C22H26N4O4. The number of carbonyl (C=O) groups is 1. The molecule has 0 unspecified atom stereocenters. The normalized spacial score (nSPS) is 16.7. The van der Waals surface area contributed by atoms with Gasteiger partial charge in [0, 0.05) is 56.5 Å². The fourth-order valence-corrected chi connectivity index (χ4v) is 3.99. The molecule has 2 aliphatic heterocycles. The van der Waals surface area contributed by atoms with E-state index in [1.54, 1.807) is 19.1 Å². The Morgan fingerprint density at radius 1 is 1.13 bits per heavy atom. The van der Waals surface area contributed by atoms with Gasteiger partial charge in [-0.1, -0.05) is 18.2 Å². The largest absolute Gasteiger partial charge is 0.493 e. The van der Waals surface area contributed by atoms with Gasteiger partial charge in [-0.15, -0.1) is 0 Å². The van der Waals surface area contributed by atoms with Crippen molar-refractivity contribution in [1.82, 2.24) is 9.80 Å². The number of fused-ring (bicyclic) bond motifs is 1. The van der Waals surface area contributed by atoms with Crippen molar-refractivity contribution in [1.29, 1.82) is 0 Å². The molecule has 0 saturated carbocycles. The Bertz CT molecular complexity index is 954. The number of anilines is 1. The summed E-state index contributed by atoms with van der Waals surface area (Å²) in [5.41, 5.74) is 3.63. The SMILES string of the molecule is Cc1ccc(NC(=O)CN2CCN(Cc3ccc4c(c3)CCO4)CC2)cc1[N+](=O)[O-]. The maximum atomic E-state index is 12.4. The lowest BCUT2D eigenvalue weighted by atomic mass is 10.1. The first-order chi connectivity index (χ1) is 14.5. The number of piperazine rings is 1. The van der Waals surface area contributed by atoms with Crippen molar-refractivity contribution in [2.45, 2.75) is 19.9 Å². The van der Waals surface area contributed by atoms with Crippen molar-refractivity contribution in [2.75, 3.05) is 44.6 Å². The van der Waals surface area contributed by atoms with E-state index in [4.69, 9.17) is 4.74 Å². The monoisotopic (exact) mass is 410 g/mol. The zero-order chi connectivity index (χ0) is 21.1. The first-order valence-electron chi connectivity index (χ1n) is 10.2. The molecular weight excluding hydrogens is 384 g/mol. The predicted molar refractivity (Wildman–Crippen MR) is 114 cm³/mol. The Kier molecular flexibility index (Phi) is 5.96. The van der Waals surface area contributed by atoms with Crippen molar-refractivity contribution in [3.63, 3.8) is 0 Å². The van der Waals surface area contributed by atoms with E-state index in [9.17, 15) is 14.9 Å².